The van der Waals surface area contributed by atoms with Crippen LogP contribution in [-0.4, -0.2) is 36.5 Å². The standard InChI is InChI=1S/C10H19NO2/c12-9-2-5-11-10(8-9)3-1-6-13-7-4-10/h9,11-12H,1-8H2. The Balaban J connectivity index is 1.99. The zero-order chi connectivity index (χ0) is 9.15. The Labute approximate surface area is 79.5 Å². The van der Waals surface area contributed by atoms with Crippen molar-refractivity contribution in [1.29, 1.82) is 0 Å². The molecule has 0 bridgehead atoms. The Morgan fingerprint density at radius 2 is 2.23 bits per heavy atom. The largest absolute Gasteiger partial charge is 0.393 e. The third-order valence-electron chi connectivity index (χ3n) is 3.27. The highest BCUT2D eigenvalue weighted by Gasteiger charge is 2.35. The third-order valence-corrected chi connectivity index (χ3v) is 3.27. The number of aliphatic hydroxyl groups is 1. The van der Waals surface area contributed by atoms with Crippen molar-refractivity contribution >= 4 is 0 Å². The lowest BCUT2D eigenvalue weighted by atomic mass is 9.81. The van der Waals surface area contributed by atoms with Crippen molar-refractivity contribution in [2.24, 2.45) is 0 Å². The first-order chi connectivity index (χ1) is 6.31. The third kappa shape index (κ3) is 2.22. The van der Waals surface area contributed by atoms with Gasteiger partial charge in [0.2, 0.25) is 0 Å². The fourth-order valence-electron chi connectivity index (χ4n) is 2.52. The van der Waals surface area contributed by atoms with E-state index in [-0.39, 0.29) is 11.6 Å². The van der Waals surface area contributed by atoms with E-state index in [0.29, 0.717) is 0 Å². The second-order valence-electron chi connectivity index (χ2n) is 4.32. The van der Waals surface area contributed by atoms with Crippen molar-refractivity contribution < 1.29 is 9.84 Å². The van der Waals surface area contributed by atoms with Gasteiger partial charge in [-0.1, -0.05) is 0 Å². The zero-order valence-electron chi connectivity index (χ0n) is 8.09. The quantitative estimate of drug-likeness (QED) is 0.583. The van der Waals surface area contributed by atoms with Crippen LogP contribution in [0.15, 0.2) is 0 Å². The number of hydrogen-bond acceptors (Lipinski definition) is 3. The van der Waals surface area contributed by atoms with Gasteiger partial charge in [-0.25, -0.2) is 0 Å². The van der Waals surface area contributed by atoms with E-state index >= 15 is 0 Å². The van der Waals surface area contributed by atoms with Crippen LogP contribution in [0.5, 0.6) is 0 Å². The van der Waals surface area contributed by atoms with E-state index in [1.54, 1.807) is 0 Å². The Bertz CT molecular complexity index is 164. The summed E-state index contributed by atoms with van der Waals surface area (Å²) in [5.74, 6) is 0. The van der Waals surface area contributed by atoms with Crippen molar-refractivity contribution in [2.45, 2.75) is 43.7 Å². The van der Waals surface area contributed by atoms with Crippen molar-refractivity contribution in [3.05, 3.63) is 0 Å². The molecule has 76 valence electrons. The monoisotopic (exact) mass is 185 g/mol. The smallest absolute Gasteiger partial charge is 0.0570 e. The van der Waals surface area contributed by atoms with Crippen LogP contribution in [0.25, 0.3) is 0 Å². The van der Waals surface area contributed by atoms with E-state index in [1.165, 1.54) is 0 Å². The summed E-state index contributed by atoms with van der Waals surface area (Å²) >= 11 is 0. The minimum atomic E-state index is -0.0978. The number of ether oxygens (including phenoxy) is 1. The minimum Gasteiger partial charge on any atom is -0.393 e. The molecular formula is C10H19NO2. The van der Waals surface area contributed by atoms with Crippen LogP contribution in [0.3, 0.4) is 0 Å². The van der Waals surface area contributed by atoms with Gasteiger partial charge in [-0.05, 0) is 38.6 Å². The molecule has 2 rings (SSSR count). The maximum atomic E-state index is 9.64. The average molecular weight is 185 g/mol. The van der Waals surface area contributed by atoms with Crippen LogP contribution in [-0.2, 0) is 4.74 Å². The summed E-state index contributed by atoms with van der Waals surface area (Å²) in [6.07, 6.45) is 5.06. The van der Waals surface area contributed by atoms with E-state index in [4.69, 9.17) is 4.74 Å². The molecule has 2 saturated heterocycles. The number of piperidine rings is 1. The molecule has 2 N–H and O–H groups in total. The molecule has 0 radical (unpaired) electrons. The molecule has 0 aromatic rings. The lowest BCUT2D eigenvalue weighted by Gasteiger charge is -2.39. The van der Waals surface area contributed by atoms with Crippen LogP contribution in [0, 0.1) is 0 Å². The number of hydrogen-bond donors (Lipinski definition) is 2. The summed E-state index contributed by atoms with van der Waals surface area (Å²) in [5.41, 5.74) is 0.189. The number of nitrogens with one attached hydrogen (secondary N) is 1. The molecule has 1 spiro atoms. The first-order valence-electron chi connectivity index (χ1n) is 5.32. The minimum absolute atomic E-state index is 0.0978. The van der Waals surface area contributed by atoms with Gasteiger partial charge in [0.1, 0.15) is 0 Å². The fourth-order valence-corrected chi connectivity index (χ4v) is 2.52. The van der Waals surface area contributed by atoms with Crippen molar-refractivity contribution in [3.8, 4) is 0 Å². The molecule has 2 aliphatic rings. The van der Waals surface area contributed by atoms with Gasteiger partial charge < -0.3 is 15.2 Å². The number of aliphatic hydroxyl groups excluding tert-OH is 1. The molecular weight excluding hydrogens is 166 g/mol. The van der Waals surface area contributed by atoms with Crippen molar-refractivity contribution in [3.63, 3.8) is 0 Å². The molecule has 2 heterocycles. The summed E-state index contributed by atoms with van der Waals surface area (Å²) < 4.78 is 5.44. The van der Waals surface area contributed by atoms with Gasteiger partial charge >= 0.3 is 0 Å². The SMILES string of the molecule is OC1CCNC2(CCCOCC2)C1. The highest BCUT2D eigenvalue weighted by molar-refractivity contribution is 4.94. The Morgan fingerprint density at radius 1 is 1.31 bits per heavy atom. The van der Waals surface area contributed by atoms with Gasteiger partial charge in [0.25, 0.3) is 0 Å². The first-order valence-corrected chi connectivity index (χ1v) is 5.32. The summed E-state index contributed by atoms with van der Waals surface area (Å²) in [6.45, 7) is 2.69. The van der Waals surface area contributed by atoms with Gasteiger partial charge in [-0.15, -0.1) is 0 Å². The van der Waals surface area contributed by atoms with Gasteiger partial charge in [-0.2, -0.15) is 0 Å². The molecule has 0 aromatic carbocycles. The Kier molecular flexibility index (Phi) is 2.86. The molecule has 0 amide bonds. The fraction of sp³-hybridized carbons (Fsp3) is 1.00. The lowest BCUT2D eigenvalue weighted by molar-refractivity contribution is 0.0642. The van der Waals surface area contributed by atoms with Crippen molar-refractivity contribution in [2.75, 3.05) is 19.8 Å². The van der Waals surface area contributed by atoms with E-state index < -0.39 is 0 Å². The average Bonchev–Trinajstić information content (AvgIpc) is 2.31. The maximum absolute atomic E-state index is 9.64. The normalized spacial score (nSPS) is 41.8. The molecule has 3 heteroatoms. The maximum Gasteiger partial charge on any atom is 0.0570 e. The Morgan fingerprint density at radius 3 is 3.08 bits per heavy atom. The second kappa shape index (κ2) is 3.95. The second-order valence-corrected chi connectivity index (χ2v) is 4.32. The molecule has 0 aliphatic carbocycles. The topological polar surface area (TPSA) is 41.5 Å². The highest BCUT2D eigenvalue weighted by Crippen LogP contribution is 2.29. The lowest BCUT2D eigenvalue weighted by Crippen LogP contribution is -2.52. The van der Waals surface area contributed by atoms with Gasteiger partial charge in [-0.3, -0.25) is 0 Å². The van der Waals surface area contributed by atoms with E-state index in [0.717, 1.165) is 51.9 Å². The molecule has 0 aromatic heterocycles. The predicted octanol–water partition coefficient (Wildman–Crippen LogP) is 0.670. The summed E-state index contributed by atoms with van der Waals surface area (Å²) in [6, 6.07) is 0. The van der Waals surface area contributed by atoms with E-state index in [9.17, 15) is 5.11 Å². The summed E-state index contributed by atoms with van der Waals surface area (Å²) in [4.78, 5) is 0. The van der Waals surface area contributed by atoms with Gasteiger partial charge in [0, 0.05) is 18.8 Å². The summed E-state index contributed by atoms with van der Waals surface area (Å²) in [7, 11) is 0. The summed E-state index contributed by atoms with van der Waals surface area (Å²) in [5, 5.41) is 13.2. The highest BCUT2D eigenvalue weighted by atomic mass is 16.5. The Hall–Kier alpha value is -0.120. The molecule has 0 saturated carbocycles. The van der Waals surface area contributed by atoms with E-state index in [2.05, 4.69) is 5.32 Å². The van der Waals surface area contributed by atoms with Crippen LogP contribution in [0.2, 0.25) is 0 Å². The van der Waals surface area contributed by atoms with Crippen LogP contribution >= 0.6 is 0 Å². The molecule has 2 atom stereocenters. The van der Waals surface area contributed by atoms with Crippen LogP contribution < -0.4 is 5.32 Å². The van der Waals surface area contributed by atoms with Gasteiger partial charge in [0.05, 0.1) is 6.10 Å². The number of rotatable bonds is 0. The zero-order valence-corrected chi connectivity index (χ0v) is 8.09. The molecule has 13 heavy (non-hydrogen) atoms. The predicted molar refractivity (Wildman–Crippen MR) is 50.6 cm³/mol. The van der Waals surface area contributed by atoms with E-state index in [1.807, 2.05) is 0 Å². The molecule has 2 unspecified atom stereocenters. The first kappa shape index (κ1) is 9.44. The molecule has 2 aliphatic heterocycles. The van der Waals surface area contributed by atoms with Gasteiger partial charge in [0.15, 0.2) is 0 Å². The van der Waals surface area contributed by atoms with Crippen molar-refractivity contribution in [1.82, 2.24) is 5.32 Å². The van der Waals surface area contributed by atoms with Crippen LogP contribution in [0.4, 0.5) is 0 Å². The van der Waals surface area contributed by atoms with Crippen LogP contribution in [0.1, 0.15) is 32.1 Å². The molecule has 2 fully saturated rings. The molecule has 3 nitrogen and oxygen atoms in total.